The Labute approximate surface area is 120 Å². The van der Waals surface area contributed by atoms with Gasteiger partial charge < -0.3 is 10.5 Å². The smallest absolute Gasteiger partial charge is 0.240 e. The van der Waals surface area contributed by atoms with Gasteiger partial charge in [0.05, 0.1) is 10.7 Å². The van der Waals surface area contributed by atoms with Crippen LogP contribution < -0.4 is 15.6 Å². The second-order valence-electron chi connectivity index (χ2n) is 3.89. The first-order valence-electron chi connectivity index (χ1n) is 5.33. The molecule has 0 saturated heterocycles. The zero-order valence-electron chi connectivity index (χ0n) is 10.0. The topological polar surface area (TPSA) is 95.4 Å². The van der Waals surface area contributed by atoms with E-state index >= 15 is 0 Å². The van der Waals surface area contributed by atoms with Crippen LogP contribution in [0.4, 0.5) is 10.1 Å². The molecule has 5 nitrogen and oxygen atoms in total. The minimum Gasteiger partial charge on any atom is -0.455 e. The molecule has 2 aromatic rings. The lowest BCUT2D eigenvalue weighted by Crippen LogP contribution is -2.14. The number of nitrogen functional groups attached to an aromatic ring is 1. The van der Waals surface area contributed by atoms with E-state index in [1.165, 1.54) is 30.3 Å². The molecule has 0 spiro atoms. The van der Waals surface area contributed by atoms with Crippen LogP contribution in [0, 0.1) is 5.82 Å². The van der Waals surface area contributed by atoms with Crippen molar-refractivity contribution >= 4 is 27.3 Å². The van der Waals surface area contributed by atoms with Crippen LogP contribution in [0.2, 0.25) is 5.02 Å². The van der Waals surface area contributed by atoms with Crippen LogP contribution in [0.1, 0.15) is 0 Å². The molecule has 20 heavy (non-hydrogen) atoms. The molecule has 0 atom stereocenters. The fourth-order valence-electron chi connectivity index (χ4n) is 1.53. The fraction of sp³-hybridized carbons (Fsp3) is 0. The van der Waals surface area contributed by atoms with E-state index in [0.29, 0.717) is 0 Å². The van der Waals surface area contributed by atoms with Gasteiger partial charge in [-0.25, -0.2) is 17.9 Å². The van der Waals surface area contributed by atoms with Crippen LogP contribution in [0.15, 0.2) is 41.3 Å². The Kier molecular flexibility index (Phi) is 3.85. The summed E-state index contributed by atoms with van der Waals surface area (Å²) in [4.78, 5) is -0.247. The number of sulfonamides is 1. The summed E-state index contributed by atoms with van der Waals surface area (Å²) >= 11 is 5.62. The summed E-state index contributed by atoms with van der Waals surface area (Å²) < 4.78 is 41.1. The summed E-state index contributed by atoms with van der Waals surface area (Å²) in [7, 11) is -3.95. The van der Waals surface area contributed by atoms with Crippen LogP contribution in [0.5, 0.6) is 11.5 Å². The molecule has 8 heteroatoms. The molecule has 0 fully saturated rings. The molecule has 106 valence electrons. The van der Waals surface area contributed by atoms with Gasteiger partial charge in [-0.15, -0.1) is 0 Å². The Morgan fingerprint density at radius 2 is 1.90 bits per heavy atom. The second-order valence-corrected chi connectivity index (χ2v) is 5.83. The van der Waals surface area contributed by atoms with E-state index in [9.17, 15) is 12.8 Å². The van der Waals surface area contributed by atoms with E-state index in [2.05, 4.69) is 0 Å². The van der Waals surface area contributed by atoms with Crippen molar-refractivity contribution in [2.24, 2.45) is 5.14 Å². The first-order chi connectivity index (χ1) is 9.29. The van der Waals surface area contributed by atoms with E-state index in [4.69, 9.17) is 27.2 Å². The number of hydrogen-bond acceptors (Lipinski definition) is 4. The Morgan fingerprint density at radius 3 is 2.50 bits per heavy atom. The quantitative estimate of drug-likeness (QED) is 0.850. The second kappa shape index (κ2) is 5.28. The van der Waals surface area contributed by atoms with Crippen LogP contribution >= 0.6 is 11.6 Å². The van der Waals surface area contributed by atoms with E-state index in [1.807, 2.05) is 0 Å². The highest BCUT2D eigenvalue weighted by molar-refractivity contribution is 7.89. The predicted molar refractivity (Wildman–Crippen MR) is 73.7 cm³/mol. The van der Waals surface area contributed by atoms with Crippen LogP contribution in [0.3, 0.4) is 0 Å². The van der Waals surface area contributed by atoms with Crippen molar-refractivity contribution in [2.75, 3.05) is 5.73 Å². The van der Waals surface area contributed by atoms with Gasteiger partial charge in [-0.2, -0.15) is 0 Å². The SMILES string of the molecule is Nc1c(Oc2ccc(F)c(Cl)c2)cccc1S(N)(=O)=O. The molecule has 0 aromatic heterocycles. The van der Waals surface area contributed by atoms with E-state index in [1.54, 1.807) is 0 Å². The maximum Gasteiger partial charge on any atom is 0.240 e. The zero-order chi connectivity index (χ0) is 14.9. The molecule has 0 saturated carbocycles. The van der Waals surface area contributed by atoms with Gasteiger partial charge in [0.1, 0.15) is 16.5 Å². The van der Waals surface area contributed by atoms with Crippen molar-refractivity contribution in [3.8, 4) is 11.5 Å². The lowest BCUT2D eigenvalue weighted by Gasteiger charge is -2.11. The zero-order valence-corrected chi connectivity index (χ0v) is 11.6. The third kappa shape index (κ3) is 3.01. The molecule has 4 N–H and O–H groups in total. The molecule has 2 aromatic carbocycles. The number of ether oxygens (including phenoxy) is 1. The lowest BCUT2D eigenvalue weighted by molar-refractivity contribution is 0.481. The molecule has 2 rings (SSSR count). The van der Waals surface area contributed by atoms with Gasteiger partial charge >= 0.3 is 0 Å². The van der Waals surface area contributed by atoms with Gasteiger partial charge in [0, 0.05) is 6.07 Å². The summed E-state index contributed by atoms with van der Waals surface area (Å²) in [6.07, 6.45) is 0. The average molecular weight is 317 g/mol. The summed E-state index contributed by atoms with van der Waals surface area (Å²) in [5.74, 6) is -0.292. The van der Waals surface area contributed by atoms with Crippen LogP contribution in [-0.2, 0) is 10.0 Å². The van der Waals surface area contributed by atoms with Crippen LogP contribution in [-0.4, -0.2) is 8.42 Å². The average Bonchev–Trinajstić information content (AvgIpc) is 2.35. The minimum absolute atomic E-state index is 0.0826. The predicted octanol–water partition coefficient (Wildman–Crippen LogP) is 2.50. The number of halogens is 2. The summed E-state index contributed by atoms with van der Waals surface area (Å²) in [6.45, 7) is 0. The van der Waals surface area contributed by atoms with Gasteiger partial charge in [-0.3, -0.25) is 0 Å². The Morgan fingerprint density at radius 1 is 1.20 bits per heavy atom. The van der Waals surface area contributed by atoms with Crippen molar-refractivity contribution in [2.45, 2.75) is 4.90 Å². The van der Waals surface area contributed by atoms with E-state index < -0.39 is 15.8 Å². The minimum atomic E-state index is -3.95. The van der Waals surface area contributed by atoms with Crippen molar-refractivity contribution in [1.82, 2.24) is 0 Å². The maximum absolute atomic E-state index is 13.0. The van der Waals surface area contributed by atoms with Crippen molar-refractivity contribution in [3.63, 3.8) is 0 Å². The summed E-state index contributed by atoms with van der Waals surface area (Å²) in [5, 5.41) is 4.91. The van der Waals surface area contributed by atoms with Gasteiger partial charge in [-0.1, -0.05) is 17.7 Å². The normalized spacial score (nSPS) is 11.3. The first-order valence-corrected chi connectivity index (χ1v) is 7.25. The van der Waals surface area contributed by atoms with Gasteiger partial charge in [0.2, 0.25) is 10.0 Å². The molecule has 0 unspecified atom stereocenters. The van der Waals surface area contributed by atoms with E-state index in [-0.39, 0.29) is 27.1 Å². The number of primary sulfonamides is 1. The molecule has 0 aliphatic rings. The number of para-hydroxylation sites is 1. The van der Waals surface area contributed by atoms with E-state index in [0.717, 1.165) is 6.07 Å². The van der Waals surface area contributed by atoms with Crippen molar-refractivity contribution in [1.29, 1.82) is 0 Å². The third-order valence-corrected chi connectivity index (χ3v) is 3.71. The summed E-state index contributed by atoms with van der Waals surface area (Å²) in [6, 6.07) is 7.86. The molecule has 0 aliphatic heterocycles. The maximum atomic E-state index is 13.0. The summed E-state index contributed by atoms with van der Waals surface area (Å²) in [5.41, 5.74) is 5.56. The number of anilines is 1. The van der Waals surface area contributed by atoms with Crippen molar-refractivity contribution in [3.05, 3.63) is 47.2 Å². The highest BCUT2D eigenvalue weighted by Crippen LogP contribution is 2.33. The fourth-order valence-corrected chi connectivity index (χ4v) is 2.37. The number of hydrogen-bond donors (Lipinski definition) is 2. The Bertz CT molecular complexity index is 765. The monoisotopic (exact) mass is 316 g/mol. The molecule has 0 radical (unpaired) electrons. The lowest BCUT2D eigenvalue weighted by atomic mass is 10.3. The Balaban J connectivity index is 2.42. The third-order valence-electron chi connectivity index (χ3n) is 2.45. The molecule has 0 bridgehead atoms. The molecular formula is C12H10ClFN2O3S. The standard InChI is InChI=1S/C12H10ClFN2O3S/c13-8-6-7(4-5-9(8)14)19-10-2-1-3-11(12(10)15)20(16,17)18/h1-6H,15H2,(H2,16,17,18). The molecule has 0 amide bonds. The van der Waals surface area contributed by atoms with Gasteiger partial charge in [-0.05, 0) is 24.3 Å². The molecule has 0 heterocycles. The highest BCUT2D eigenvalue weighted by atomic mass is 35.5. The number of benzene rings is 2. The number of nitrogens with two attached hydrogens (primary N) is 2. The number of rotatable bonds is 3. The Hall–Kier alpha value is -1.83. The molecule has 0 aliphatic carbocycles. The van der Waals surface area contributed by atoms with Crippen LogP contribution in [0.25, 0.3) is 0 Å². The van der Waals surface area contributed by atoms with Gasteiger partial charge in [0.25, 0.3) is 0 Å². The van der Waals surface area contributed by atoms with Crippen molar-refractivity contribution < 1.29 is 17.5 Å². The highest BCUT2D eigenvalue weighted by Gasteiger charge is 2.16. The van der Waals surface area contributed by atoms with Gasteiger partial charge in [0.15, 0.2) is 5.75 Å². The first kappa shape index (κ1) is 14.6. The molecular weight excluding hydrogens is 307 g/mol. The largest absolute Gasteiger partial charge is 0.455 e.